The lowest BCUT2D eigenvalue weighted by Gasteiger charge is -2.30. The summed E-state index contributed by atoms with van der Waals surface area (Å²) >= 11 is 1.96. The van der Waals surface area contributed by atoms with Gasteiger partial charge < -0.3 is 9.42 Å². The Kier molecular flexibility index (Phi) is 4.69. The van der Waals surface area contributed by atoms with Crippen molar-refractivity contribution in [1.82, 2.24) is 10.1 Å². The molecule has 0 aliphatic carbocycles. The van der Waals surface area contributed by atoms with Crippen molar-refractivity contribution in [3.63, 3.8) is 0 Å². The summed E-state index contributed by atoms with van der Waals surface area (Å²) < 4.78 is 5.16. The molecule has 0 radical (unpaired) electrons. The molecule has 1 fully saturated rings. The van der Waals surface area contributed by atoms with Crippen LogP contribution in [-0.4, -0.2) is 40.6 Å². The summed E-state index contributed by atoms with van der Waals surface area (Å²) in [6, 6.07) is 2.13. The minimum Gasteiger partial charge on any atom is -0.361 e. The molecule has 100 valence electrons. The maximum atomic E-state index is 12.3. The van der Waals surface area contributed by atoms with Gasteiger partial charge in [0.2, 0.25) is 0 Å². The molecule has 1 aromatic heterocycles. The molecule has 0 aromatic carbocycles. The molecule has 0 saturated carbocycles. The summed E-state index contributed by atoms with van der Waals surface area (Å²) in [5, 5.41) is 3.88. The molecule has 1 aromatic rings. The van der Waals surface area contributed by atoms with Crippen molar-refractivity contribution in [2.45, 2.75) is 38.6 Å². The largest absolute Gasteiger partial charge is 0.361 e. The highest BCUT2D eigenvalue weighted by atomic mass is 32.2. The summed E-state index contributed by atoms with van der Waals surface area (Å²) in [4.78, 5) is 14.1. The minimum atomic E-state index is -0.0157. The molecule has 4 nitrogen and oxygen atoms in total. The molecule has 0 unspecified atom stereocenters. The Balaban J connectivity index is 2.00. The fraction of sp³-hybridized carbons (Fsp3) is 0.692. The topological polar surface area (TPSA) is 46.3 Å². The van der Waals surface area contributed by atoms with Crippen LogP contribution in [0.4, 0.5) is 0 Å². The number of hydrogen-bond donors (Lipinski definition) is 0. The van der Waals surface area contributed by atoms with Gasteiger partial charge in [-0.25, -0.2) is 0 Å². The minimum absolute atomic E-state index is 0.0157. The normalized spacial score (nSPS) is 16.8. The van der Waals surface area contributed by atoms with Gasteiger partial charge in [0.15, 0.2) is 5.69 Å². The van der Waals surface area contributed by atoms with Gasteiger partial charge in [0.1, 0.15) is 5.76 Å². The van der Waals surface area contributed by atoms with Gasteiger partial charge in [0, 0.05) is 25.6 Å². The predicted octanol–water partition coefficient (Wildman–Crippen LogP) is 2.59. The lowest BCUT2D eigenvalue weighted by molar-refractivity contribution is 0.0713. The number of hydrogen-bond acceptors (Lipinski definition) is 4. The van der Waals surface area contributed by atoms with Crippen molar-refractivity contribution in [1.29, 1.82) is 0 Å². The van der Waals surface area contributed by atoms with E-state index in [0.717, 1.165) is 42.9 Å². The second kappa shape index (κ2) is 6.27. The zero-order valence-corrected chi connectivity index (χ0v) is 11.8. The molecule has 1 aliphatic rings. The number of thioether (sulfide) groups is 1. The highest BCUT2D eigenvalue weighted by Crippen LogP contribution is 2.22. The van der Waals surface area contributed by atoms with E-state index in [-0.39, 0.29) is 5.91 Å². The SMILES string of the molecule is CCCc1cc(C(=O)N(C)C2CCSCC2)no1. The second-order valence-electron chi connectivity index (χ2n) is 4.69. The Hall–Kier alpha value is -0.970. The summed E-state index contributed by atoms with van der Waals surface area (Å²) in [5.74, 6) is 3.07. The van der Waals surface area contributed by atoms with Crippen molar-refractivity contribution in [3.8, 4) is 0 Å². The van der Waals surface area contributed by atoms with E-state index in [1.807, 2.05) is 23.7 Å². The molecule has 0 spiro atoms. The van der Waals surface area contributed by atoms with Crippen LogP contribution in [0.15, 0.2) is 10.6 Å². The monoisotopic (exact) mass is 268 g/mol. The van der Waals surface area contributed by atoms with Crippen molar-refractivity contribution >= 4 is 17.7 Å². The first kappa shape index (κ1) is 13.5. The fourth-order valence-electron chi connectivity index (χ4n) is 2.20. The lowest BCUT2D eigenvalue weighted by atomic mass is 10.1. The second-order valence-corrected chi connectivity index (χ2v) is 5.91. The van der Waals surface area contributed by atoms with Gasteiger partial charge in [0.25, 0.3) is 5.91 Å². The molecule has 0 atom stereocenters. The first-order valence-corrected chi connectivity index (χ1v) is 7.68. The third-order valence-electron chi connectivity index (χ3n) is 3.33. The Morgan fingerprint density at radius 1 is 1.56 bits per heavy atom. The Bertz CT molecular complexity index is 399. The van der Waals surface area contributed by atoms with E-state index >= 15 is 0 Å². The standard InChI is InChI=1S/C13H20N2O2S/c1-3-4-11-9-12(14-17-11)13(16)15(2)10-5-7-18-8-6-10/h9-10H,3-8H2,1-2H3. The van der Waals surface area contributed by atoms with Crippen LogP contribution in [0.1, 0.15) is 42.4 Å². The fourth-order valence-corrected chi connectivity index (χ4v) is 3.28. The third kappa shape index (κ3) is 3.07. The van der Waals surface area contributed by atoms with Gasteiger partial charge >= 0.3 is 0 Å². The van der Waals surface area contributed by atoms with E-state index in [1.165, 1.54) is 0 Å². The molecule has 0 N–H and O–H groups in total. The maximum Gasteiger partial charge on any atom is 0.276 e. The molecule has 18 heavy (non-hydrogen) atoms. The zero-order chi connectivity index (χ0) is 13.0. The van der Waals surface area contributed by atoms with Crippen LogP contribution in [0.5, 0.6) is 0 Å². The molecular formula is C13H20N2O2S. The smallest absolute Gasteiger partial charge is 0.276 e. The van der Waals surface area contributed by atoms with Crippen LogP contribution in [0.3, 0.4) is 0 Å². The van der Waals surface area contributed by atoms with Gasteiger partial charge in [-0.2, -0.15) is 11.8 Å². The van der Waals surface area contributed by atoms with Crippen LogP contribution < -0.4 is 0 Å². The summed E-state index contributed by atoms with van der Waals surface area (Å²) in [6.45, 7) is 2.08. The molecule has 1 amide bonds. The van der Waals surface area contributed by atoms with E-state index in [1.54, 1.807) is 6.07 Å². The first-order chi connectivity index (χ1) is 8.72. The van der Waals surface area contributed by atoms with Gasteiger partial charge in [-0.1, -0.05) is 12.1 Å². The highest BCUT2D eigenvalue weighted by Gasteiger charge is 2.25. The van der Waals surface area contributed by atoms with Crippen LogP contribution in [0, 0.1) is 0 Å². The Labute approximate surface area is 112 Å². The van der Waals surface area contributed by atoms with E-state index < -0.39 is 0 Å². The Morgan fingerprint density at radius 2 is 2.28 bits per heavy atom. The van der Waals surface area contributed by atoms with Crippen molar-refractivity contribution in [2.24, 2.45) is 0 Å². The molecule has 2 rings (SSSR count). The molecular weight excluding hydrogens is 248 g/mol. The molecule has 1 aliphatic heterocycles. The van der Waals surface area contributed by atoms with Crippen molar-refractivity contribution < 1.29 is 9.32 Å². The Morgan fingerprint density at radius 3 is 2.94 bits per heavy atom. The quantitative estimate of drug-likeness (QED) is 0.842. The van der Waals surface area contributed by atoms with Gasteiger partial charge in [-0.15, -0.1) is 0 Å². The predicted molar refractivity (Wildman–Crippen MR) is 72.9 cm³/mol. The summed E-state index contributed by atoms with van der Waals surface area (Å²) in [5.41, 5.74) is 0.444. The number of amides is 1. The maximum absolute atomic E-state index is 12.3. The van der Waals surface area contributed by atoms with E-state index in [4.69, 9.17) is 4.52 Å². The van der Waals surface area contributed by atoms with E-state index in [2.05, 4.69) is 12.1 Å². The average molecular weight is 268 g/mol. The zero-order valence-electron chi connectivity index (χ0n) is 11.0. The number of rotatable bonds is 4. The van der Waals surface area contributed by atoms with Crippen molar-refractivity contribution in [3.05, 3.63) is 17.5 Å². The number of nitrogens with zero attached hydrogens (tertiary/aromatic N) is 2. The molecule has 0 bridgehead atoms. The van der Waals surface area contributed by atoms with Gasteiger partial charge in [-0.3, -0.25) is 4.79 Å². The summed E-state index contributed by atoms with van der Waals surface area (Å²) in [6.07, 6.45) is 3.99. The van der Waals surface area contributed by atoms with Crippen LogP contribution in [0.2, 0.25) is 0 Å². The number of aryl methyl sites for hydroxylation is 1. The van der Waals surface area contributed by atoms with E-state index in [9.17, 15) is 4.79 Å². The molecule has 1 saturated heterocycles. The number of aromatic nitrogens is 1. The number of carbonyl (C=O) groups is 1. The molecule has 2 heterocycles. The summed E-state index contributed by atoms with van der Waals surface area (Å²) in [7, 11) is 1.87. The third-order valence-corrected chi connectivity index (χ3v) is 4.38. The van der Waals surface area contributed by atoms with E-state index in [0.29, 0.717) is 11.7 Å². The van der Waals surface area contributed by atoms with Gasteiger partial charge in [0.05, 0.1) is 0 Å². The van der Waals surface area contributed by atoms with Gasteiger partial charge in [-0.05, 0) is 30.8 Å². The number of carbonyl (C=O) groups excluding carboxylic acids is 1. The van der Waals surface area contributed by atoms with Crippen molar-refractivity contribution in [2.75, 3.05) is 18.6 Å². The highest BCUT2D eigenvalue weighted by molar-refractivity contribution is 7.99. The van der Waals surface area contributed by atoms with Crippen LogP contribution >= 0.6 is 11.8 Å². The first-order valence-electron chi connectivity index (χ1n) is 6.53. The lowest BCUT2D eigenvalue weighted by Crippen LogP contribution is -2.39. The van der Waals surface area contributed by atoms with Crippen LogP contribution in [0.25, 0.3) is 0 Å². The average Bonchev–Trinajstić information content (AvgIpc) is 2.87. The molecule has 5 heteroatoms. The van der Waals surface area contributed by atoms with Crippen LogP contribution in [-0.2, 0) is 6.42 Å².